The fourth-order valence-corrected chi connectivity index (χ4v) is 5.49. The van der Waals surface area contributed by atoms with Crippen molar-refractivity contribution in [2.45, 2.75) is 25.5 Å². The number of rotatable bonds is 5. The fraction of sp³-hybridized carbons (Fsp3) is 0.333. The molecule has 5 rings (SSSR count). The molecule has 3 heterocycles. The second kappa shape index (κ2) is 10.9. The number of nitrogens with zero attached hydrogens (tertiary/aromatic N) is 3. The summed E-state index contributed by atoms with van der Waals surface area (Å²) in [6.45, 7) is 2.39. The topological polar surface area (TPSA) is 87.2 Å². The summed E-state index contributed by atoms with van der Waals surface area (Å²) in [4.78, 5) is 55.8. The number of benzene rings is 2. The number of amides is 4. The van der Waals surface area contributed by atoms with Gasteiger partial charge in [-0.3, -0.25) is 24.1 Å². The minimum Gasteiger partial charge on any atom is -0.368 e. The molecule has 0 aliphatic carbocycles. The number of ether oxygens (including phenoxy) is 1. The van der Waals surface area contributed by atoms with E-state index < -0.39 is 17.0 Å². The Bertz CT molecular complexity index is 1270. The van der Waals surface area contributed by atoms with Crippen LogP contribution in [-0.4, -0.2) is 76.6 Å². The third kappa shape index (κ3) is 5.60. The van der Waals surface area contributed by atoms with Gasteiger partial charge in [0.2, 0.25) is 0 Å². The zero-order chi connectivity index (χ0) is 25.9. The van der Waals surface area contributed by atoms with Gasteiger partial charge in [-0.1, -0.05) is 24.3 Å². The third-order valence-electron chi connectivity index (χ3n) is 6.62. The number of hydrogen-bond acceptors (Lipinski definition) is 6. The average Bonchev–Trinajstić information content (AvgIpc) is 3.53. The maximum absolute atomic E-state index is 13.5. The van der Waals surface area contributed by atoms with Crippen LogP contribution in [0, 0.1) is 5.82 Å². The number of carbonyl (C=O) groups excluding carboxylic acids is 4. The molecule has 10 heteroatoms. The van der Waals surface area contributed by atoms with Gasteiger partial charge in [0.15, 0.2) is 0 Å². The number of hydrogen-bond donors (Lipinski definition) is 0. The molecule has 3 saturated heterocycles. The summed E-state index contributed by atoms with van der Waals surface area (Å²) >= 11 is 0.817. The van der Waals surface area contributed by atoms with E-state index in [1.54, 1.807) is 46.2 Å². The maximum Gasteiger partial charge on any atom is 0.293 e. The zero-order valence-corrected chi connectivity index (χ0v) is 20.9. The van der Waals surface area contributed by atoms with Crippen molar-refractivity contribution in [1.29, 1.82) is 0 Å². The number of imide groups is 1. The van der Waals surface area contributed by atoms with E-state index in [4.69, 9.17) is 4.74 Å². The van der Waals surface area contributed by atoms with E-state index in [0.29, 0.717) is 49.5 Å². The molecule has 0 saturated carbocycles. The van der Waals surface area contributed by atoms with Crippen LogP contribution in [0.5, 0.6) is 0 Å². The summed E-state index contributed by atoms with van der Waals surface area (Å²) in [6.07, 6.45) is 2.87. The lowest BCUT2D eigenvalue weighted by molar-refractivity contribution is -0.142. The summed E-state index contributed by atoms with van der Waals surface area (Å²) in [7, 11) is 0. The molecular weight excluding hydrogens is 497 g/mol. The Kier molecular flexibility index (Phi) is 7.38. The van der Waals surface area contributed by atoms with E-state index in [0.717, 1.165) is 29.5 Å². The van der Waals surface area contributed by atoms with Gasteiger partial charge in [0, 0.05) is 38.3 Å². The number of carbonyl (C=O) groups is 4. The van der Waals surface area contributed by atoms with Crippen LogP contribution in [0.1, 0.15) is 34.3 Å². The van der Waals surface area contributed by atoms with E-state index in [-0.39, 0.29) is 29.4 Å². The van der Waals surface area contributed by atoms with Gasteiger partial charge in [-0.2, -0.15) is 0 Å². The molecule has 2 aromatic rings. The summed E-state index contributed by atoms with van der Waals surface area (Å²) in [5, 5.41) is -0.428. The predicted molar refractivity (Wildman–Crippen MR) is 136 cm³/mol. The van der Waals surface area contributed by atoms with Crippen molar-refractivity contribution in [3.8, 4) is 0 Å². The number of halogens is 1. The van der Waals surface area contributed by atoms with Crippen LogP contribution in [0.3, 0.4) is 0 Å². The van der Waals surface area contributed by atoms with E-state index in [1.807, 2.05) is 0 Å². The monoisotopic (exact) mass is 523 g/mol. The van der Waals surface area contributed by atoms with Crippen LogP contribution in [0.25, 0.3) is 6.08 Å². The summed E-state index contributed by atoms with van der Waals surface area (Å²) in [5.74, 6) is -1.04. The van der Waals surface area contributed by atoms with Crippen molar-refractivity contribution < 1.29 is 28.3 Å². The molecule has 0 spiro atoms. The van der Waals surface area contributed by atoms with Crippen LogP contribution < -0.4 is 0 Å². The molecule has 3 fully saturated rings. The average molecular weight is 524 g/mol. The van der Waals surface area contributed by atoms with Gasteiger partial charge in [0.05, 0.1) is 11.4 Å². The smallest absolute Gasteiger partial charge is 0.293 e. The molecule has 0 radical (unpaired) electrons. The lowest BCUT2D eigenvalue weighted by atomic mass is 10.1. The highest BCUT2D eigenvalue weighted by molar-refractivity contribution is 8.18. The quantitative estimate of drug-likeness (QED) is 0.558. The second-order valence-electron chi connectivity index (χ2n) is 9.14. The first-order valence-electron chi connectivity index (χ1n) is 12.2. The van der Waals surface area contributed by atoms with Crippen molar-refractivity contribution in [2.24, 2.45) is 0 Å². The molecule has 8 nitrogen and oxygen atoms in total. The standard InChI is InChI=1S/C27H26FN3O5S/c28-21-7-2-5-19(15-21)17-31-26(34)23(37-27(31)35)16-18-4-1-6-20(14-18)24(32)29-9-11-30(12-10-29)25(33)22-8-3-13-36-22/h1-2,4-7,14-16,22H,3,8-13,17H2/b23-16-/t22-/m1/s1. The van der Waals surface area contributed by atoms with E-state index in [1.165, 1.54) is 18.2 Å². The van der Waals surface area contributed by atoms with Gasteiger partial charge in [0.25, 0.3) is 23.0 Å². The first-order valence-corrected chi connectivity index (χ1v) is 13.0. The normalized spacial score (nSPS) is 21.3. The van der Waals surface area contributed by atoms with Crippen LogP contribution in [0.4, 0.5) is 9.18 Å². The molecule has 4 amide bonds. The highest BCUT2D eigenvalue weighted by Gasteiger charge is 2.35. The Labute approximate surface area is 218 Å². The summed E-state index contributed by atoms with van der Waals surface area (Å²) in [5.41, 5.74) is 1.61. The van der Waals surface area contributed by atoms with Crippen LogP contribution in [-0.2, 0) is 20.9 Å². The maximum atomic E-state index is 13.5. The Hall–Kier alpha value is -3.50. The van der Waals surface area contributed by atoms with E-state index >= 15 is 0 Å². The highest BCUT2D eigenvalue weighted by atomic mass is 32.2. The first kappa shape index (κ1) is 25.2. The molecule has 3 aliphatic rings. The van der Waals surface area contributed by atoms with Crippen LogP contribution >= 0.6 is 11.8 Å². The van der Waals surface area contributed by atoms with Crippen molar-refractivity contribution >= 4 is 40.8 Å². The molecule has 0 N–H and O–H groups in total. The largest absolute Gasteiger partial charge is 0.368 e. The molecule has 192 valence electrons. The molecule has 3 aliphatic heterocycles. The van der Waals surface area contributed by atoms with Crippen LogP contribution in [0.15, 0.2) is 53.4 Å². The highest BCUT2D eigenvalue weighted by Crippen LogP contribution is 2.33. The van der Waals surface area contributed by atoms with E-state index in [9.17, 15) is 23.6 Å². The third-order valence-corrected chi connectivity index (χ3v) is 7.53. The van der Waals surface area contributed by atoms with Gasteiger partial charge in [-0.05, 0) is 66.1 Å². The van der Waals surface area contributed by atoms with Gasteiger partial charge in [-0.25, -0.2) is 4.39 Å². The van der Waals surface area contributed by atoms with Crippen molar-refractivity contribution in [2.75, 3.05) is 32.8 Å². The molecular formula is C27H26FN3O5S. The summed E-state index contributed by atoms with van der Waals surface area (Å²) in [6, 6.07) is 12.7. The Morgan fingerprint density at radius 1 is 1.03 bits per heavy atom. The molecule has 0 bridgehead atoms. The second-order valence-corrected chi connectivity index (χ2v) is 10.1. The fourth-order valence-electron chi connectivity index (χ4n) is 4.66. The lowest BCUT2D eigenvalue weighted by Crippen LogP contribution is -2.52. The SMILES string of the molecule is O=C(c1cccc(/C=C2\SC(=O)N(Cc3cccc(F)c3)C2=O)c1)N1CCN(C(=O)[C@H]2CCCO2)CC1. The summed E-state index contributed by atoms with van der Waals surface area (Å²) < 4.78 is 19.0. The molecule has 0 unspecified atom stereocenters. The van der Waals surface area contributed by atoms with Gasteiger partial charge in [0.1, 0.15) is 11.9 Å². The Morgan fingerprint density at radius 3 is 2.51 bits per heavy atom. The van der Waals surface area contributed by atoms with Gasteiger partial charge in [-0.15, -0.1) is 0 Å². The molecule has 1 atom stereocenters. The number of thioether (sulfide) groups is 1. The predicted octanol–water partition coefficient (Wildman–Crippen LogP) is 3.53. The number of piperazine rings is 1. The van der Waals surface area contributed by atoms with Crippen LogP contribution in [0.2, 0.25) is 0 Å². The van der Waals surface area contributed by atoms with E-state index in [2.05, 4.69) is 0 Å². The lowest BCUT2D eigenvalue weighted by Gasteiger charge is -2.35. The molecule has 2 aromatic carbocycles. The Balaban J connectivity index is 1.23. The Morgan fingerprint density at radius 2 is 1.78 bits per heavy atom. The molecule has 37 heavy (non-hydrogen) atoms. The minimum absolute atomic E-state index is 0.00191. The van der Waals surface area contributed by atoms with Gasteiger partial charge < -0.3 is 14.5 Å². The zero-order valence-electron chi connectivity index (χ0n) is 20.1. The molecule has 0 aromatic heterocycles. The van der Waals surface area contributed by atoms with Crippen molar-refractivity contribution in [1.82, 2.24) is 14.7 Å². The van der Waals surface area contributed by atoms with Crippen molar-refractivity contribution in [3.05, 3.63) is 75.9 Å². The van der Waals surface area contributed by atoms with Gasteiger partial charge >= 0.3 is 0 Å². The van der Waals surface area contributed by atoms with Crippen molar-refractivity contribution in [3.63, 3.8) is 0 Å². The minimum atomic E-state index is -0.456. The first-order chi connectivity index (χ1) is 17.9.